The fourth-order valence-electron chi connectivity index (χ4n) is 2.56. The molecule has 1 aliphatic carbocycles. The van der Waals surface area contributed by atoms with E-state index in [1.54, 1.807) is 0 Å². The molecule has 0 amide bonds. The zero-order valence-corrected chi connectivity index (χ0v) is 9.58. The van der Waals surface area contributed by atoms with E-state index in [0.29, 0.717) is 6.54 Å². The van der Waals surface area contributed by atoms with Crippen LogP contribution in [0.3, 0.4) is 0 Å². The number of nitrogens with zero attached hydrogens (tertiary/aromatic N) is 2. The quantitative estimate of drug-likeness (QED) is 0.820. The van der Waals surface area contributed by atoms with Crippen molar-refractivity contribution in [2.45, 2.75) is 45.1 Å². The van der Waals surface area contributed by atoms with Crippen LogP contribution in [0.15, 0.2) is 6.20 Å². The molecule has 0 atom stereocenters. The third-order valence-corrected chi connectivity index (χ3v) is 3.65. The average Bonchev–Trinajstić information content (AvgIpc) is 2.85. The molecular weight excluding hydrogens is 186 g/mol. The van der Waals surface area contributed by atoms with Gasteiger partial charge in [-0.25, -0.2) is 4.98 Å². The van der Waals surface area contributed by atoms with Gasteiger partial charge in [-0.15, -0.1) is 0 Å². The Morgan fingerprint density at radius 3 is 2.80 bits per heavy atom. The molecule has 1 fully saturated rings. The normalized spacial score (nSPS) is 17.5. The Labute approximate surface area is 91.7 Å². The van der Waals surface area contributed by atoms with E-state index >= 15 is 0 Å². The Bertz CT molecular complexity index is 311. The molecule has 2 rings (SSSR count). The van der Waals surface area contributed by atoms with Gasteiger partial charge in [0.1, 0.15) is 5.82 Å². The molecule has 1 saturated carbocycles. The lowest BCUT2D eigenvalue weighted by molar-refractivity contribution is 0.496. The number of nitrogens with two attached hydrogens (primary N) is 1. The van der Waals surface area contributed by atoms with Crippen molar-refractivity contribution in [3.63, 3.8) is 0 Å². The molecule has 84 valence electrons. The first kappa shape index (κ1) is 10.7. The highest BCUT2D eigenvalue weighted by Crippen LogP contribution is 2.28. The molecule has 2 N–H and O–H groups in total. The average molecular weight is 207 g/mol. The summed E-state index contributed by atoms with van der Waals surface area (Å²) < 4.78 is 2.15. The van der Waals surface area contributed by atoms with E-state index < -0.39 is 0 Å². The Hall–Kier alpha value is -0.830. The molecule has 1 aromatic rings. The van der Waals surface area contributed by atoms with Crippen LogP contribution in [0.5, 0.6) is 0 Å². The number of rotatable bonds is 4. The lowest BCUT2D eigenvalue weighted by Crippen LogP contribution is -2.07. The number of imidazole rings is 1. The Morgan fingerprint density at radius 1 is 1.47 bits per heavy atom. The summed E-state index contributed by atoms with van der Waals surface area (Å²) >= 11 is 0. The van der Waals surface area contributed by atoms with Crippen LogP contribution in [0.2, 0.25) is 0 Å². The predicted molar refractivity (Wildman–Crippen MR) is 61.4 cm³/mol. The second kappa shape index (κ2) is 4.79. The molecule has 0 bridgehead atoms. The van der Waals surface area contributed by atoms with E-state index in [-0.39, 0.29) is 0 Å². The van der Waals surface area contributed by atoms with Crippen molar-refractivity contribution in [3.8, 4) is 0 Å². The number of hydrogen-bond acceptors (Lipinski definition) is 2. The highest BCUT2D eigenvalue weighted by atomic mass is 15.1. The van der Waals surface area contributed by atoms with E-state index in [1.807, 2.05) is 6.20 Å². The van der Waals surface area contributed by atoms with Crippen LogP contribution < -0.4 is 5.73 Å². The van der Waals surface area contributed by atoms with Crippen LogP contribution in [0.25, 0.3) is 0 Å². The molecule has 3 nitrogen and oxygen atoms in total. The summed E-state index contributed by atoms with van der Waals surface area (Å²) in [5, 5.41) is 0. The van der Waals surface area contributed by atoms with Gasteiger partial charge < -0.3 is 10.3 Å². The summed E-state index contributed by atoms with van der Waals surface area (Å²) in [4.78, 5) is 4.32. The van der Waals surface area contributed by atoms with Gasteiger partial charge >= 0.3 is 0 Å². The molecule has 1 aromatic heterocycles. The van der Waals surface area contributed by atoms with E-state index in [1.165, 1.54) is 37.8 Å². The van der Waals surface area contributed by atoms with Crippen LogP contribution in [0, 0.1) is 5.92 Å². The highest BCUT2D eigenvalue weighted by molar-refractivity contribution is 5.05. The second-order valence-corrected chi connectivity index (χ2v) is 4.62. The third kappa shape index (κ3) is 2.40. The number of aryl methyl sites for hydroxylation is 1. The van der Waals surface area contributed by atoms with Crippen molar-refractivity contribution < 1.29 is 0 Å². The summed E-state index contributed by atoms with van der Waals surface area (Å²) in [6, 6.07) is 0. The molecule has 1 heterocycles. The maximum absolute atomic E-state index is 5.60. The van der Waals surface area contributed by atoms with Crippen LogP contribution >= 0.6 is 0 Å². The fourth-order valence-corrected chi connectivity index (χ4v) is 2.56. The van der Waals surface area contributed by atoms with Gasteiger partial charge in [-0.2, -0.15) is 0 Å². The van der Waals surface area contributed by atoms with Gasteiger partial charge in [0, 0.05) is 18.9 Å². The molecule has 1 aliphatic rings. The minimum atomic E-state index is 0.542. The smallest absolute Gasteiger partial charge is 0.122 e. The van der Waals surface area contributed by atoms with E-state index in [2.05, 4.69) is 16.6 Å². The minimum absolute atomic E-state index is 0.542. The summed E-state index contributed by atoms with van der Waals surface area (Å²) in [6.45, 7) is 0.542. The first-order valence-electron chi connectivity index (χ1n) is 6.01. The van der Waals surface area contributed by atoms with Crippen molar-refractivity contribution in [2.75, 3.05) is 0 Å². The third-order valence-electron chi connectivity index (χ3n) is 3.65. The molecule has 15 heavy (non-hydrogen) atoms. The zero-order chi connectivity index (χ0) is 10.7. The lowest BCUT2D eigenvalue weighted by Gasteiger charge is -2.09. The predicted octanol–water partition coefficient (Wildman–Crippen LogP) is 2.00. The van der Waals surface area contributed by atoms with Crippen LogP contribution in [-0.2, 0) is 20.0 Å². The Morgan fingerprint density at radius 2 is 2.20 bits per heavy atom. The molecule has 0 radical (unpaired) electrons. The van der Waals surface area contributed by atoms with Gasteiger partial charge in [0.2, 0.25) is 0 Å². The lowest BCUT2D eigenvalue weighted by atomic mass is 10.0. The van der Waals surface area contributed by atoms with E-state index in [4.69, 9.17) is 5.73 Å². The van der Waals surface area contributed by atoms with Crippen molar-refractivity contribution >= 4 is 0 Å². The highest BCUT2D eigenvalue weighted by Gasteiger charge is 2.15. The van der Waals surface area contributed by atoms with Crippen molar-refractivity contribution in [1.29, 1.82) is 0 Å². The topological polar surface area (TPSA) is 43.8 Å². The maximum Gasteiger partial charge on any atom is 0.122 e. The summed E-state index contributed by atoms with van der Waals surface area (Å²) in [6.07, 6.45) is 10.2. The molecule has 0 spiro atoms. The summed E-state index contributed by atoms with van der Waals surface area (Å²) in [5.74, 6) is 1.96. The zero-order valence-electron chi connectivity index (χ0n) is 9.58. The molecule has 0 aromatic carbocycles. The van der Waals surface area contributed by atoms with E-state index in [0.717, 1.165) is 18.2 Å². The summed E-state index contributed by atoms with van der Waals surface area (Å²) in [7, 11) is 2.07. The molecule has 0 saturated heterocycles. The largest absolute Gasteiger partial charge is 0.334 e. The first-order chi connectivity index (χ1) is 7.31. The number of aromatic nitrogens is 2. The van der Waals surface area contributed by atoms with Crippen molar-refractivity contribution in [3.05, 3.63) is 17.7 Å². The van der Waals surface area contributed by atoms with Gasteiger partial charge in [0.15, 0.2) is 0 Å². The van der Waals surface area contributed by atoms with Crippen molar-refractivity contribution in [1.82, 2.24) is 9.55 Å². The van der Waals surface area contributed by atoms with Gasteiger partial charge in [0.25, 0.3) is 0 Å². The van der Waals surface area contributed by atoms with Crippen molar-refractivity contribution in [2.24, 2.45) is 18.7 Å². The summed E-state index contributed by atoms with van der Waals surface area (Å²) in [5.41, 5.74) is 6.93. The maximum atomic E-state index is 5.60. The van der Waals surface area contributed by atoms with Crippen LogP contribution in [0.1, 0.15) is 43.6 Å². The monoisotopic (exact) mass is 207 g/mol. The van der Waals surface area contributed by atoms with Gasteiger partial charge in [-0.1, -0.05) is 25.7 Å². The Balaban J connectivity index is 1.89. The molecule has 0 aliphatic heterocycles. The second-order valence-electron chi connectivity index (χ2n) is 4.62. The molecular formula is C12H21N3. The van der Waals surface area contributed by atoms with E-state index in [9.17, 15) is 0 Å². The fraction of sp³-hybridized carbons (Fsp3) is 0.750. The minimum Gasteiger partial charge on any atom is -0.334 e. The number of hydrogen-bond donors (Lipinski definition) is 1. The van der Waals surface area contributed by atoms with Gasteiger partial charge in [-0.3, -0.25) is 0 Å². The SMILES string of the molecule is Cn1c(CCC2CCCC2)cnc1CN. The first-order valence-corrected chi connectivity index (χ1v) is 6.01. The van der Waals surface area contributed by atoms with Gasteiger partial charge in [-0.05, 0) is 18.8 Å². The molecule has 0 unspecified atom stereocenters. The Kier molecular flexibility index (Phi) is 3.41. The van der Waals surface area contributed by atoms with Gasteiger partial charge in [0.05, 0.1) is 6.54 Å². The van der Waals surface area contributed by atoms with Crippen LogP contribution in [0.4, 0.5) is 0 Å². The standard InChI is InChI=1S/C12H21N3/c1-15-11(9-14-12(15)8-13)7-6-10-4-2-3-5-10/h9-10H,2-8,13H2,1H3. The molecule has 3 heteroatoms. The van der Waals surface area contributed by atoms with Crippen LogP contribution in [-0.4, -0.2) is 9.55 Å².